The van der Waals surface area contributed by atoms with Crippen LogP contribution in [-0.4, -0.2) is 24.4 Å². The first-order chi connectivity index (χ1) is 14.5. The zero-order chi connectivity index (χ0) is 20.8. The maximum atomic E-state index is 13.6. The zero-order valence-corrected chi connectivity index (χ0v) is 16.4. The van der Waals surface area contributed by atoms with Gasteiger partial charge >= 0.3 is 0 Å². The van der Waals surface area contributed by atoms with Crippen molar-refractivity contribution in [1.82, 2.24) is 19.3 Å². The third-order valence-electron chi connectivity index (χ3n) is 5.45. The molecule has 0 saturated heterocycles. The Labute approximate surface area is 175 Å². The predicted molar refractivity (Wildman–Crippen MR) is 110 cm³/mol. The van der Waals surface area contributed by atoms with Crippen molar-refractivity contribution in [3.63, 3.8) is 0 Å². The van der Waals surface area contributed by atoms with Crippen molar-refractivity contribution in [1.29, 1.82) is 0 Å². The van der Waals surface area contributed by atoms with Crippen molar-refractivity contribution >= 4 is 11.6 Å². The fraction of sp³-hybridized carbons (Fsp3) is 0.136. The monoisotopic (exact) mass is 422 g/mol. The largest absolute Gasteiger partial charge is 0.503 e. The first kappa shape index (κ1) is 18.6. The molecule has 0 spiro atoms. The summed E-state index contributed by atoms with van der Waals surface area (Å²) in [6.45, 7) is 0.502. The Balaban J connectivity index is 1.74. The number of aromatic nitrogens is 4. The molecule has 2 aromatic heterocycles. The molecule has 0 aliphatic carbocycles. The number of rotatable bonds is 3. The molecule has 0 saturated carbocycles. The highest BCUT2D eigenvalue weighted by Gasteiger charge is 2.35. The fourth-order valence-electron chi connectivity index (χ4n) is 4.09. The van der Waals surface area contributed by atoms with Crippen LogP contribution in [0.4, 0.5) is 4.39 Å². The van der Waals surface area contributed by atoms with Crippen LogP contribution < -0.4 is 5.43 Å². The highest BCUT2D eigenvalue weighted by molar-refractivity contribution is 6.30. The van der Waals surface area contributed by atoms with Gasteiger partial charge in [0, 0.05) is 29.9 Å². The van der Waals surface area contributed by atoms with Crippen molar-refractivity contribution < 1.29 is 9.50 Å². The van der Waals surface area contributed by atoms with Gasteiger partial charge in [-0.15, -0.1) is 0 Å². The Bertz CT molecular complexity index is 1240. The van der Waals surface area contributed by atoms with E-state index in [4.69, 9.17) is 11.6 Å². The standard InChI is InChI=1S/C22H16ClFN4O2/c23-15-5-1-13(2-6-15)19(14-3-7-16(24)8-4-14)17-12-27-10-9-25-22(27)20-21(30)18(29)11-26-28(17)20/h1-11,17,19,30H,12H2/t17-,19-/m1/s1. The highest BCUT2D eigenvalue weighted by Crippen LogP contribution is 2.42. The molecule has 1 aliphatic heterocycles. The molecule has 30 heavy (non-hydrogen) atoms. The summed E-state index contributed by atoms with van der Waals surface area (Å²) in [7, 11) is 0. The number of fused-ring (bicyclic) bond motifs is 3. The molecule has 2 atom stereocenters. The number of imidazole rings is 1. The molecule has 1 aliphatic rings. The van der Waals surface area contributed by atoms with E-state index in [9.17, 15) is 14.3 Å². The van der Waals surface area contributed by atoms with Crippen LogP contribution in [0.25, 0.3) is 11.5 Å². The molecule has 0 bridgehead atoms. The lowest BCUT2D eigenvalue weighted by Gasteiger charge is -2.34. The van der Waals surface area contributed by atoms with Gasteiger partial charge in [-0.1, -0.05) is 35.9 Å². The van der Waals surface area contributed by atoms with Gasteiger partial charge in [0.2, 0.25) is 5.43 Å². The van der Waals surface area contributed by atoms with Gasteiger partial charge in [-0.25, -0.2) is 9.37 Å². The number of nitrogens with zero attached hydrogens (tertiary/aromatic N) is 4. The molecule has 0 fully saturated rings. The second-order valence-electron chi connectivity index (χ2n) is 7.20. The van der Waals surface area contributed by atoms with E-state index in [1.807, 2.05) is 16.7 Å². The van der Waals surface area contributed by atoms with E-state index in [0.717, 1.165) is 17.3 Å². The molecule has 8 heteroatoms. The first-order valence-electron chi connectivity index (χ1n) is 9.36. The number of hydrogen-bond donors (Lipinski definition) is 1. The van der Waals surface area contributed by atoms with Crippen LogP contribution in [0.1, 0.15) is 23.1 Å². The maximum absolute atomic E-state index is 13.6. The minimum Gasteiger partial charge on any atom is -0.503 e. The van der Waals surface area contributed by atoms with Crippen LogP contribution in [0.3, 0.4) is 0 Å². The molecular weight excluding hydrogens is 407 g/mol. The van der Waals surface area contributed by atoms with E-state index in [0.29, 0.717) is 17.4 Å². The van der Waals surface area contributed by atoms with Crippen molar-refractivity contribution in [2.45, 2.75) is 18.5 Å². The average Bonchev–Trinajstić information content (AvgIpc) is 3.22. The third kappa shape index (κ3) is 2.98. The Morgan fingerprint density at radius 3 is 2.47 bits per heavy atom. The second kappa shape index (κ2) is 7.11. The summed E-state index contributed by atoms with van der Waals surface area (Å²) in [5.41, 5.74) is 1.52. The Morgan fingerprint density at radius 2 is 1.77 bits per heavy atom. The number of aromatic hydroxyl groups is 1. The molecule has 0 amide bonds. The molecule has 0 radical (unpaired) electrons. The molecule has 4 aromatic rings. The van der Waals surface area contributed by atoms with Crippen molar-refractivity contribution in [3.05, 3.63) is 99.3 Å². The molecule has 1 N–H and O–H groups in total. The van der Waals surface area contributed by atoms with Gasteiger partial charge < -0.3 is 9.67 Å². The van der Waals surface area contributed by atoms with Crippen LogP contribution >= 0.6 is 11.6 Å². The second-order valence-corrected chi connectivity index (χ2v) is 7.64. The quantitative estimate of drug-likeness (QED) is 0.541. The Hall–Kier alpha value is -3.45. The molecule has 6 nitrogen and oxygen atoms in total. The summed E-state index contributed by atoms with van der Waals surface area (Å²) in [6.07, 6.45) is 4.52. The van der Waals surface area contributed by atoms with Crippen LogP contribution in [0, 0.1) is 5.82 Å². The first-order valence-corrected chi connectivity index (χ1v) is 9.74. The molecule has 3 heterocycles. The lowest BCUT2D eigenvalue weighted by atomic mass is 9.84. The van der Waals surface area contributed by atoms with E-state index < -0.39 is 11.2 Å². The van der Waals surface area contributed by atoms with Gasteiger partial charge in [-0.05, 0) is 35.4 Å². The van der Waals surface area contributed by atoms with Gasteiger partial charge in [0.25, 0.3) is 0 Å². The molecule has 150 valence electrons. The van der Waals surface area contributed by atoms with E-state index in [-0.39, 0.29) is 23.5 Å². The summed E-state index contributed by atoms with van der Waals surface area (Å²) in [4.78, 5) is 16.4. The van der Waals surface area contributed by atoms with Crippen molar-refractivity contribution in [2.24, 2.45) is 0 Å². The molecule has 0 unspecified atom stereocenters. The van der Waals surface area contributed by atoms with Crippen LogP contribution in [-0.2, 0) is 6.54 Å². The van der Waals surface area contributed by atoms with Gasteiger partial charge in [0.15, 0.2) is 11.6 Å². The van der Waals surface area contributed by atoms with Gasteiger partial charge in [-0.3, -0.25) is 9.48 Å². The molecule has 2 aromatic carbocycles. The number of hydrogen-bond acceptors (Lipinski definition) is 4. The summed E-state index contributed by atoms with van der Waals surface area (Å²) >= 11 is 6.09. The summed E-state index contributed by atoms with van der Waals surface area (Å²) < 4.78 is 17.1. The van der Waals surface area contributed by atoms with Crippen molar-refractivity contribution in [3.8, 4) is 17.3 Å². The lowest BCUT2D eigenvalue weighted by Crippen LogP contribution is -2.32. The van der Waals surface area contributed by atoms with E-state index in [1.165, 1.54) is 12.1 Å². The number of benzene rings is 2. The maximum Gasteiger partial charge on any atom is 0.242 e. The molecular formula is C22H16ClFN4O2. The Kier molecular flexibility index (Phi) is 4.40. The van der Waals surface area contributed by atoms with Gasteiger partial charge in [0.1, 0.15) is 11.5 Å². The minimum atomic E-state index is -0.568. The van der Waals surface area contributed by atoms with Crippen molar-refractivity contribution in [2.75, 3.05) is 0 Å². The van der Waals surface area contributed by atoms with E-state index in [1.54, 1.807) is 41.3 Å². The number of halogens is 2. The fourth-order valence-corrected chi connectivity index (χ4v) is 4.22. The normalized spacial score (nSPS) is 16.0. The summed E-state index contributed by atoms with van der Waals surface area (Å²) in [5.74, 6) is -0.487. The smallest absolute Gasteiger partial charge is 0.242 e. The summed E-state index contributed by atoms with van der Waals surface area (Å²) in [6, 6.07) is 13.4. The van der Waals surface area contributed by atoms with Gasteiger partial charge in [-0.2, -0.15) is 5.10 Å². The minimum absolute atomic E-state index is 0.244. The van der Waals surface area contributed by atoms with Crippen LogP contribution in [0.2, 0.25) is 5.02 Å². The zero-order valence-electron chi connectivity index (χ0n) is 15.6. The highest BCUT2D eigenvalue weighted by atomic mass is 35.5. The lowest BCUT2D eigenvalue weighted by molar-refractivity contribution is 0.331. The Morgan fingerprint density at radius 1 is 1.10 bits per heavy atom. The average molecular weight is 423 g/mol. The predicted octanol–water partition coefficient (Wildman–Crippen LogP) is 3.99. The van der Waals surface area contributed by atoms with Crippen LogP contribution in [0.5, 0.6) is 5.75 Å². The van der Waals surface area contributed by atoms with Crippen LogP contribution in [0.15, 0.2) is 71.9 Å². The molecule has 5 rings (SSSR count). The van der Waals surface area contributed by atoms with Gasteiger partial charge in [0.05, 0.1) is 12.2 Å². The van der Waals surface area contributed by atoms with E-state index in [2.05, 4.69) is 10.1 Å². The van der Waals surface area contributed by atoms with E-state index >= 15 is 0 Å². The topological polar surface area (TPSA) is 72.9 Å². The third-order valence-corrected chi connectivity index (χ3v) is 5.71. The SMILES string of the molecule is O=c1cnn2c(c1O)-c1nccn1C[C@@H]2[C@@H](c1ccc(F)cc1)c1ccc(Cl)cc1. The summed E-state index contributed by atoms with van der Waals surface area (Å²) in [5, 5.41) is 15.5.